The Balaban J connectivity index is 2.28. The van der Waals surface area contributed by atoms with Gasteiger partial charge in [0.2, 0.25) is 0 Å². The molecule has 0 aromatic carbocycles. The highest BCUT2D eigenvalue weighted by atomic mass is 79.9. The van der Waals surface area contributed by atoms with Crippen molar-refractivity contribution in [2.24, 2.45) is 0 Å². The number of halogens is 1. The lowest BCUT2D eigenvalue weighted by atomic mass is 10.2. The number of aromatic nitrogens is 3. The summed E-state index contributed by atoms with van der Waals surface area (Å²) in [4.78, 5) is 7.14. The van der Waals surface area contributed by atoms with Crippen LogP contribution in [0.4, 0.5) is 0 Å². The van der Waals surface area contributed by atoms with E-state index in [1.54, 1.807) is 11.7 Å². The monoisotopic (exact) mass is 344 g/mol. The zero-order valence-electron chi connectivity index (χ0n) is 11.2. The molecule has 2 heterocycles. The first kappa shape index (κ1) is 14.6. The minimum absolute atomic E-state index is 0.688. The van der Waals surface area contributed by atoms with Crippen molar-refractivity contribution in [1.82, 2.24) is 19.7 Å². The van der Waals surface area contributed by atoms with Gasteiger partial charge < -0.3 is 10.0 Å². The first-order valence-corrected chi connectivity index (χ1v) is 7.62. The van der Waals surface area contributed by atoms with Crippen LogP contribution in [-0.2, 0) is 6.54 Å². The first-order valence-electron chi connectivity index (χ1n) is 5.94. The maximum Gasteiger partial charge on any atom is 0.133 e. The highest BCUT2D eigenvalue weighted by Gasteiger charge is 2.22. The highest BCUT2D eigenvalue weighted by molar-refractivity contribution is 9.10. The van der Waals surface area contributed by atoms with Crippen LogP contribution < -0.4 is 0 Å². The SMILES string of the molecule is Cc1ncsc1C(O)c1c(Br)cnn1CCN(C)C. The molecule has 0 saturated heterocycles. The third-order valence-electron chi connectivity index (χ3n) is 2.88. The van der Waals surface area contributed by atoms with Crippen LogP contribution >= 0.6 is 27.3 Å². The third-order valence-corrected chi connectivity index (χ3v) is 4.48. The van der Waals surface area contributed by atoms with Gasteiger partial charge in [0.05, 0.1) is 39.0 Å². The number of hydrogen-bond acceptors (Lipinski definition) is 5. The maximum atomic E-state index is 10.5. The molecule has 0 aliphatic rings. The molecule has 0 fully saturated rings. The summed E-state index contributed by atoms with van der Waals surface area (Å²) >= 11 is 4.93. The van der Waals surface area contributed by atoms with Crippen molar-refractivity contribution in [3.05, 3.63) is 32.4 Å². The number of nitrogens with zero attached hydrogens (tertiary/aromatic N) is 4. The molecule has 1 N–H and O–H groups in total. The summed E-state index contributed by atoms with van der Waals surface area (Å²) in [5.41, 5.74) is 3.40. The van der Waals surface area contributed by atoms with E-state index < -0.39 is 6.10 Å². The quantitative estimate of drug-likeness (QED) is 0.901. The van der Waals surface area contributed by atoms with Gasteiger partial charge in [-0.2, -0.15) is 5.10 Å². The molecule has 7 heteroatoms. The number of likely N-dealkylation sites (N-methyl/N-ethyl adjacent to an activating group) is 1. The van der Waals surface area contributed by atoms with Crippen molar-refractivity contribution in [3.8, 4) is 0 Å². The van der Waals surface area contributed by atoms with Crippen molar-refractivity contribution in [2.75, 3.05) is 20.6 Å². The number of thiazole rings is 1. The highest BCUT2D eigenvalue weighted by Crippen LogP contribution is 2.32. The van der Waals surface area contributed by atoms with Gasteiger partial charge in [-0.1, -0.05) is 0 Å². The average molecular weight is 345 g/mol. The van der Waals surface area contributed by atoms with Gasteiger partial charge in [-0.3, -0.25) is 4.68 Å². The van der Waals surface area contributed by atoms with E-state index in [0.717, 1.165) is 33.8 Å². The summed E-state index contributed by atoms with van der Waals surface area (Å²) < 4.78 is 2.67. The first-order chi connectivity index (χ1) is 9.00. The Kier molecular flexibility index (Phi) is 4.72. The number of hydrogen-bond donors (Lipinski definition) is 1. The van der Waals surface area contributed by atoms with Gasteiger partial charge in [0.1, 0.15) is 6.10 Å². The lowest BCUT2D eigenvalue weighted by molar-refractivity contribution is 0.207. The van der Waals surface area contributed by atoms with E-state index >= 15 is 0 Å². The summed E-state index contributed by atoms with van der Waals surface area (Å²) in [7, 11) is 4.03. The van der Waals surface area contributed by atoms with Crippen LogP contribution in [0.15, 0.2) is 16.2 Å². The van der Waals surface area contributed by atoms with Gasteiger partial charge in [-0.05, 0) is 36.9 Å². The lowest BCUT2D eigenvalue weighted by Crippen LogP contribution is -2.21. The van der Waals surface area contributed by atoms with E-state index in [1.165, 1.54) is 11.3 Å². The predicted molar refractivity (Wildman–Crippen MR) is 79.4 cm³/mol. The van der Waals surface area contributed by atoms with Gasteiger partial charge in [0, 0.05) is 6.54 Å². The van der Waals surface area contributed by atoms with Crippen LogP contribution in [0.25, 0.3) is 0 Å². The summed E-state index contributed by atoms with van der Waals surface area (Å²) in [5, 5.41) is 14.9. The van der Waals surface area contributed by atoms with Crippen LogP contribution in [0.5, 0.6) is 0 Å². The lowest BCUT2D eigenvalue weighted by Gasteiger charge is -2.15. The molecule has 0 spiro atoms. The van der Waals surface area contributed by atoms with E-state index in [0.29, 0.717) is 0 Å². The molecule has 0 bridgehead atoms. The minimum Gasteiger partial charge on any atom is -0.381 e. The minimum atomic E-state index is -0.688. The van der Waals surface area contributed by atoms with Gasteiger partial charge in [0.15, 0.2) is 0 Å². The standard InChI is InChI=1S/C12H17BrN4OS/c1-8-12(19-7-14-8)11(18)10-9(13)6-15-17(10)5-4-16(2)3/h6-7,11,18H,4-5H2,1-3H3. The van der Waals surface area contributed by atoms with Gasteiger partial charge in [0.25, 0.3) is 0 Å². The van der Waals surface area contributed by atoms with Gasteiger partial charge >= 0.3 is 0 Å². The molecule has 2 aromatic rings. The Bertz CT molecular complexity index is 552. The van der Waals surface area contributed by atoms with E-state index in [9.17, 15) is 5.11 Å². The smallest absolute Gasteiger partial charge is 0.133 e. The van der Waals surface area contributed by atoms with Crippen molar-refractivity contribution in [3.63, 3.8) is 0 Å². The van der Waals surface area contributed by atoms with E-state index in [-0.39, 0.29) is 0 Å². The van der Waals surface area contributed by atoms with Gasteiger partial charge in [-0.25, -0.2) is 4.98 Å². The molecular weight excluding hydrogens is 328 g/mol. The molecule has 0 aliphatic carbocycles. The number of aliphatic hydroxyl groups is 1. The molecule has 0 radical (unpaired) electrons. The summed E-state index contributed by atoms with van der Waals surface area (Å²) in [5.74, 6) is 0. The molecule has 0 aliphatic heterocycles. The molecule has 1 atom stereocenters. The Morgan fingerprint density at radius 2 is 2.26 bits per heavy atom. The summed E-state index contributed by atoms with van der Waals surface area (Å²) in [6.45, 7) is 3.52. The fourth-order valence-electron chi connectivity index (χ4n) is 1.81. The third kappa shape index (κ3) is 3.22. The van der Waals surface area contributed by atoms with Gasteiger partial charge in [-0.15, -0.1) is 11.3 Å². The molecule has 19 heavy (non-hydrogen) atoms. The van der Waals surface area contributed by atoms with Crippen LogP contribution in [0.2, 0.25) is 0 Å². The largest absolute Gasteiger partial charge is 0.381 e. The maximum absolute atomic E-state index is 10.5. The van der Waals surface area contributed by atoms with Crippen LogP contribution in [0, 0.1) is 6.92 Å². The fraction of sp³-hybridized carbons (Fsp3) is 0.500. The number of aliphatic hydroxyl groups excluding tert-OH is 1. The van der Waals surface area contributed by atoms with E-state index in [1.807, 2.05) is 25.7 Å². The average Bonchev–Trinajstić information content (AvgIpc) is 2.92. The molecule has 0 amide bonds. The Hall–Kier alpha value is -0.760. The molecule has 1 unspecified atom stereocenters. The van der Waals surface area contributed by atoms with Crippen LogP contribution in [-0.4, -0.2) is 45.4 Å². The Morgan fingerprint density at radius 1 is 1.53 bits per heavy atom. The van der Waals surface area contributed by atoms with Crippen LogP contribution in [0.1, 0.15) is 22.4 Å². The molecule has 2 aromatic heterocycles. The zero-order valence-corrected chi connectivity index (χ0v) is 13.6. The van der Waals surface area contributed by atoms with Crippen molar-refractivity contribution < 1.29 is 5.11 Å². The van der Waals surface area contributed by atoms with E-state index in [4.69, 9.17) is 0 Å². The topological polar surface area (TPSA) is 54.2 Å². The Morgan fingerprint density at radius 3 is 2.84 bits per heavy atom. The second-order valence-corrected chi connectivity index (χ2v) is 6.35. The second kappa shape index (κ2) is 6.13. The fourth-order valence-corrected chi connectivity index (χ4v) is 3.12. The second-order valence-electron chi connectivity index (χ2n) is 4.61. The molecule has 0 saturated carbocycles. The van der Waals surface area contributed by atoms with E-state index in [2.05, 4.69) is 30.9 Å². The Labute approximate surface area is 125 Å². The summed E-state index contributed by atoms with van der Waals surface area (Å²) in [6, 6.07) is 0. The van der Waals surface area contributed by atoms with Crippen molar-refractivity contribution >= 4 is 27.3 Å². The molecule has 5 nitrogen and oxygen atoms in total. The predicted octanol–water partition coefficient (Wildman–Crippen LogP) is 2.05. The molecule has 104 valence electrons. The van der Waals surface area contributed by atoms with Crippen molar-refractivity contribution in [1.29, 1.82) is 0 Å². The number of rotatable bonds is 5. The normalized spacial score (nSPS) is 13.2. The zero-order chi connectivity index (χ0) is 14.0. The number of aryl methyl sites for hydroxylation is 1. The summed E-state index contributed by atoms with van der Waals surface area (Å²) in [6.07, 6.45) is 1.04. The molecular formula is C12H17BrN4OS. The molecule has 2 rings (SSSR count). The van der Waals surface area contributed by atoms with Crippen LogP contribution in [0.3, 0.4) is 0 Å². The van der Waals surface area contributed by atoms with Crippen molar-refractivity contribution in [2.45, 2.75) is 19.6 Å².